The lowest BCUT2D eigenvalue weighted by Gasteiger charge is -2.22. The van der Waals surface area contributed by atoms with Gasteiger partial charge in [0.15, 0.2) is 0 Å². The molecular formula is C19H21ClN4O2S. The maximum absolute atomic E-state index is 13.1. The Morgan fingerprint density at radius 2 is 1.85 bits per heavy atom. The van der Waals surface area contributed by atoms with Gasteiger partial charge in [-0.25, -0.2) is 12.4 Å². The van der Waals surface area contributed by atoms with E-state index in [0.29, 0.717) is 16.8 Å². The van der Waals surface area contributed by atoms with E-state index in [-0.39, 0.29) is 4.90 Å². The van der Waals surface area contributed by atoms with Crippen LogP contribution in [0, 0.1) is 6.92 Å². The van der Waals surface area contributed by atoms with Gasteiger partial charge in [-0.3, -0.25) is 4.68 Å². The van der Waals surface area contributed by atoms with Crippen LogP contribution in [0.2, 0.25) is 5.02 Å². The fourth-order valence-corrected chi connectivity index (χ4v) is 5.02. The first kappa shape index (κ1) is 18.3. The molecule has 0 atom stereocenters. The monoisotopic (exact) mass is 404 g/mol. The van der Waals surface area contributed by atoms with Crippen molar-refractivity contribution in [3.05, 3.63) is 59.5 Å². The van der Waals surface area contributed by atoms with E-state index < -0.39 is 10.0 Å². The number of aromatic nitrogens is 3. The van der Waals surface area contributed by atoms with Crippen molar-refractivity contribution in [1.82, 2.24) is 19.1 Å². The Balaban J connectivity index is 1.73. The molecular weight excluding hydrogens is 384 g/mol. The maximum atomic E-state index is 13.1. The molecule has 0 amide bonds. The molecule has 0 saturated carbocycles. The summed E-state index contributed by atoms with van der Waals surface area (Å²) in [4.78, 5) is 0.229. The summed E-state index contributed by atoms with van der Waals surface area (Å²) >= 11 is 6.17. The van der Waals surface area contributed by atoms with E-state index in [4.69, 9.17) is 11.6 Å². The molecule has 0 radical (unpaired) electrons. The van der Waals surface area contributed by atoms with Crippen LogP contribution in [0.3, 0.4) is 0 Å². The van der Waals surface area contributed by atoms with Gasteiger partial charge in [0.25, 0.3) is 10.0 Å². The molecule has 1 aromatic carbocycles. The highest BCUT2D eigenvalue weighted by atomic mass is 35.5. The van der Waals surface area contributed by atoms with Crippen LogP contribution in [0.25, 0.3) is 11.3 Å². The van der Waals surface area contributed by atoms with Gasteiger partial charge < -0.3 is 5.32 Å². The molecule has 0 bridgehead atoms. The lowest BCUT2D eigenvalue weighted by atomic mass is 10.1. The minimum atomic E-state index is -3.74. The summed E-state index contributed by atoms with van der Waals surface area (Å²) < 4.78 is 29.4. The average Bonchev–Trinajstić information content (AvgIpc) is 3.30. The molecule has 2 aromatic heterocycles. The zero-order valence-electron chi connectivity index (χ0n) is 15.0. The van der Waals surface area contributed by atoms with Gasteiger partial charge in [-0.15, -0.1) is 0 Å². The zero-order valence-corrected chi connectivity index (χ0v) is 16.5. The quantitative estimate of drug-likeness (QED) is 0.722. The molecule has 142 valence electrons. The molecule has 1 N–H and O–H groups in total. The highest BCUT2D eigenvalue weighted by Crippen LogP contribution is 2.30. The van der Waals surface area contributed by atoms with E-state index >= 15 is 0 Å². The van der Waals surface area contributed by atoms with Crippen LogP contribution in [-0.2, 0) is 10.0 Å². The van der Waals surface area contributed by atoms with Crippen molar-refractivity contribution in [2.24, 2.45) is 0 Å². The van der Waals surface area contributed by atoms with Crippen LogP contribution in [0.1, 0.15) is 24.4 Å². The number of aryl methyl sites for hydroxylation is 1. The highest BCUT2D eigenvalue weighted by Gasteiger charge is 2.23. The van der Waals surface area contributed by atoms with E-state index in [2.05, 4.69) is 10.4 Å². The van der Waals surface area contributed by atoms with Gasteiger partial charge >= 0.3 is 0 Å². The standard InChI is InChI=1S/C19H21ClN4O2S/c1-14-2-4-18(5-3-14)27(25,26)24-13-16(20)10-19(24)15-11-22-23(12-15)17-6-8-21-9-7-17/h2-5,10-13,17,21H,6-9H2,1H3. The first-order valence-corrected chi connectivity index (χ1v) is 10.7. The van der Waals surface area contributed by atoms with E-state index in [1.165, 1.54) is 10.2 Å². The van der Waals surface area contributed by atoms with Gasteiger partial charge in [-0.2, -0.15) is 5.10 Å². The normalized spacial score (nSPS) is 15.9. The first-order chi connectivity index (χ1) is 12.9. The number of rotatable bonds is 4. The predicted octanol–water partition coefficient (Wildman–Crippen LogP) is 3.47. The van der Waals surface area contributed by atoms with Crippen molar-refractivity contribution in [2.45, 2.75) is 30.7 Å². The summed E-state index contributed by atoms with van der Waals surface area (Å²) in [5, 5.41) is 8.18. The first-order valence-electron chi connectivity index (χ1n) is 8.90. The molecule has 3 aromatic rings. The molecule has 1 aliphatic rings. The maximum Gasteiger partial charge on any atom is 0.268 e. The second-order valence-corrected chi connectivity index (χ2v) is 9.10. The average molecular weight is 405 g/mol. The third-order valence-electron chi connectivity index (χ3n) is 4.91. The molecule has 0 spiro atoms. The van der Waals surface area contributed by atoms with Crippen LogP contribution in [0.5, 0.6) is 0 Å². The lowest BCUT2D eigenvalue weighted by Crippen LogP contribution is -2.29. The Kier molecular flexibility index (Phi) is 4.84. The van der Waals surface area contributed by atoms with Crippen LogP contribution < -0.4 is 5.32 Å². The summed E-state index contributed by atoms with van der Waals surface area (Å²) in [5.41, 5.74) is 2.25. The number of hydrogen-bond donors (Lipinski definition) is 1. The van der Waals surface area contributed by atoms with Gasteiger partial charge in [0.05, 0.1) is 27.9 Å². The summed E-state index contributed by atoms with van der Waals surface area (Å²) in [6, 6.07) is 8.78. The molecule has 1 aliphatic heterocycles. The zero-order chi connectivity index (χ0) is 19.0. The van der Waals surface area contributed by atoms with Crippen molar-refractivity contribution in [1.29, 1.82) is 0 Å². The highest BCUT2D eigenvalue weighted by molar-refractivity contribution is 7.90. The largest absolute Gasteiger partial charge is 0.317 e. The Bertz CT molecular complexity index is 1050. The number of piperidine rings is 1. The minimum Gasteiger partial charge on any atom is -0.317 e. The topological polar surface area (TPSA) is 68.9 Å². The fourth-order valence-electron chi connectivity index (χ4n) is 3.39. The van der Waals surface area contributed by atoms with Crippen molar-refractivity contribution in [3.63, 3.8) is 0 Å². The molecule has 1 fully saturated rings. The van der Waals surface area contributed by atoms with Crippen molar-refractivity contribution in [3.8, 4) is 11.3 Å². The van der Waals surface area contributed by atoms with Crippen LogP contribution in [0.15, 0.2) is 53.8 Å². The number of nitrogens with zero attached hydrogens (tertiary/aromatic N) is 3. The van der Waals surface area contributed by atoms with E-state index in [0.717, 1.165) is 37.1 Å². The smallest absolute Gasteiger partial charge is 0.268 e. The number of nitrogens with one attached hydrogen (secondary N) is 1. The third-order valence-corrected chi connectivity index (χ3v) is 6.81. The van der Waals surface area contributed by atoms with Gasteiger partial charge in [-0.05, 0) is 51.1 Å². The summed E-state index contributed by atoms with van der Waals surface area (Å²) in [6.45, 7) is 3.84. The van der Waals surface area contributed by atoms with E-state index in [1.54, 1.807) is 36.5 Å². The second kappa shape index (κ2) is 7.14. The van der Waals surface area contributed by atoms with E-state index in [1.807, 2.05) is 17.8 Å². The molecule has 6 nitrogen and oxygen atoms in total. The Hall–Kier alpha value is -2.09. The lowest BCUT2D eigenvalue weighted by molar-refractivity contribution is 0.343. The fraction of sp³-hybridized carbons (Fsp3) is 0.316. The van der Waals surface area contributed by atoms with Crippen molar-refractivity contribution >= 4 is 21.6 Å². The Labute approximate surface area is 163 Å². The van der Waals surface area contributed by atoms with Crippen LogP contribution in [0.4, 0.5) is 0 Å². The predicted molar refractivity (Wildman–Crippen MR) is 106 cm³/mol. The van der Waals surface area contributed by atoms with Crippen molar-refractivity contribution in [2.75, 3.05) is 13.1 Å². The Morgan fingerprint density at radius 3 is 2.56 bits per heavy atom. The number of hydrogen-bond acceptors (Lipinski definition) is 4. The minimum absolute atomic E-state index is 0.229. The van der Waals surface area contributed by atoms with Gasteiger partial charge in [0, 0.05) is 18.0 Å². The van der Waals surface area contributed by atoms with Gasteiger partial charge in [0.1, 0.15) is 0 Å². The number of benzene rings is 1. The van der Waals surface area contributed by atoms with Gasteiger partial charge in [0.2, 0.25) is 0 Å². The van der Waals surface area contributed by atoms with Gasteiger partial charge in [-0.1, -0.05) is 29.3 Å². The summed E-state index contributed by atoms with van der Waals surface area (Å²) in [6.07, 6.45) is 7.06. The third kappa shape index (κ3) is 3.54. The SMILES string of the molecule is Cc1ccc(S(=O)(=O)n2cc(Cl)cc2-c2cnn(C3CCNCC3)c2)cc1. The molecule has 3 heterocycles. The van der Waals surface area contributed by atoms with Crippen molar-refractivity contribution < 1.29 is 8.42 Å². The van der Waals surface area contributed by atoms with Crippen LogP contribution >= 0.6 is 11.6 Å². The molecule has 1 saturated heterocycles. The van der Waals surface area contributed by atoms with E-state index in [9.17, 15) is 8.42 Å². The van der Waals surface area contributed by atoms with Crippen LogP contribution in [-0.4, -0.2) is 35.3 Å². The molecule has 27 heavy (non-hydrogen) atoms. The molecule has 0 unspecified atom stereocenters. The number of halogens is 1. The summed E-state index contributed by atoms with van der Waals surface area (Å²) in [7, 11) is -3.74. The summed E-state index contributed by atoms with van der Waals surface area (Å²) in [5.74, 6) is 0. The molecule has 4 rings (SSSR count). The molecule has 0 aliphatic carbocycles. The molecule has 8 heteroatoms. The second-order valence-electron chi connectivity index (χ2n) is 6.85. The Morgan fingerprint density at radius 1 is 1.15 bits per heavy atom.